The second kappa shape index (κ2) is 5.48. The fraction of sp³-hybridized carbons (Fsp3) is 0.0400. The Kier molecular flexibility index (Phi) is 2.88. The number of imidazole rings is 2. The minimum Gasteiger partial charge on any atom is -0.438 e. The van der Waals surface area contributed by atoms with Crippen LogP contribution in [0.15, 0.2) is 83.4 Å². The molecule has 0 aliphatic carbocycles. The van der Waals surface area contributed by atoms with Gasteiger partial charge in [-0.15, -0.1) is 0 Å². The van der Waals surface area contributed by atoms with Crippen molar-refractivity contribution in [2.75, 3.05) is 0 Å². The zero-order valence-corrected chi connectivity index (χ0v) is 16.2. The lowest BCUT2D eigenvalue weighted by atomic mass is 10.0. The van der Waals surface area contributed by atoms with Gasteiger partial charge in [0.2, 0.25) is 11.5 Å². The van der Waals surface area contributed by atoms with Crippen molar-refractivity contribution >= 4 is 49.9 Å². The van der Waals surface area contributed by atoms with E-state index in [4.69, 9.17) is 9.40 Å². The largest absolute Gasteiger partial charge is 0.438 e. The van der Waals surface area contributed by atoms with Crippen LogP contribution in [-0.2, 0) is 7.05 Å². The summed E-state index contributed by atoms with van der Waals surface area (Å²) in [6, 6.07) is 25.2. The van der Waals surface area contributed by atoms with E-state index in [1.807, 2.05) is 18.2 Å². The van der Waals surface area contributed by atoms with Crippen LogP contribution in [0.1, 0.15) is 0 Å². The Balaban J connectivity index is 1.52. The van der Waals surface area contributed by atoms with E-state index in [-0.39, 0.29) is 0 Å². The molecule has 0 saturated heterocycles. The number of rotatable bonds is 1. The molecule has 7 rings (SSSR count). The van der Waals surface area contributed by atoms with Crippen LogP contribution in [0.3, 0.4) is 0 Å². The molecule has 0 N–H and O–H groups in total. The van der Waals surface area contributed by atoms with Gasteiger partial charge in [-0.05, 0) is 59.7 Å². The first-order valence-corrected chi connectivity index (χ1v) is 9.91. The fourth-order valence-electron chi connectivity index (χ4n) is 4.54. The predicted octanol–water partition coefficient (Wildman–Crippen LogP) is 5.94. The molecule has 5 nitrogen and oxygen atoms in total. The number of para-hydroxylation sites is 2. The van der Waals surface area contributed by atoms with Crippen molar-refractivity contribution < 1.29 is 4.42 Å². The van der Waals surface area contributed by atoms with Crippen LogP contribution in [0, 0.1) is 0 Å². The number of fused-ring (bicyclic) bond motifs is 8. The Labute approximate surface area is 170 Å². The summed E-state index contributed by atoms with van der Waals surface area (Å²) in [6.45, 7) is 0. The molecule has 0 unspecified atom stereocenters. The summed E-state index contributed by atoms with van der Waals surface area (Å²) in [5.74, 6) is 0.950. The topological polar surface area (TPSA) is 48.3 Å². The molecule has 5 heteroatoms. The van der Waals surface area contributed by atoms with Gasteiger partial charge in [0.05, 0.1) is 22.1 Å². The Morgan fingerprint density at radius 2 is 1.63 bits per heavy atom. The molecule has 0 aliphatic rings. The van der Waals surface area contributed by atoms with Crippen LogP contribution in [0.2, 0.25) is 0 Å². The normalized spacial score (nSPS) is 12.2. The van der Waals surface area contributed by atoms with Gasteiger partial charge < -0.3 is 8.98 Å². The molecule has 3 aromatic carbocycles. The number of furan rings is 1. The molecule has 4 heterocycles. The molecule has 0 radical (unpaired) electrons. The number of nitrogens with zero attached hydrogens (tertiary/aromatic N) is 4. The second-order valence-corrected chi connectivity index (χ2v) is 7.67. The van der Waals surface area contributed by atoms with Crippen LogP contribution in [0.4, 0.5) is 0 Å². The van der Waals surface area contributed by atoms with E-state index in [0.29, 0.717) is 5.71 Å². The molecule has 0 bridgehead atoms. The van der Waals surface area contributed by atoms with Gasteiger partial charge in [0.1, 0.15) is 5.58 Å². The highest BCUT2D eigenvalue weighted by molar-refractivity contribution is 6.05. The van der Waals surface area contributed by atoms with Gasteiger partial charge in [0, 0.05) is 24.0 Å². The highest BCUT2D eigenvalue weighted by Gasteiger charge is 2.15. The minimum absolute atomic E-state index is 0.676. The van der Waals surface area contributed by atoms with E-state index in [1.54, 1.807) is 6.20 Å². The maximum absolute atomic E-state index is 5.89. The van der Waals surface area contributed by atoms with Crippen molar-refractivity contribution in [3.05, 3.63) is 79.0 Å². The molecule has 0 amide bonds. The van der Waals surface area contributed by atoms with Gasteiger partial charge in [-0.1, -0.05) is 24.3 Å². The summed E-state index contributed by atoms with van der Waals surface area (Å²) >= 11 is 0. The highest BCUT2D eigenvalue weighted by Crippen LogP contribution is 2.33. The maximum atomic E-state index is 5.89. The van der Waals surface area contributed by atoms with E-state index in [9.17, 15) is 0 Å². The van der Waals surface area contributed by atoms with Crippen molar-refractivity contribution in [3.63, 3.8) is 0 Å². The Bertz CT molecular complexity index is 1770. The summed E-state index contributed by atoms with van der Waals surface area (Å²) in [7, 11) is 2.07. The summed E-state index contributed by atoms with van der Waals surface area (Å²) in [5, 5.41) is 2.13. The zero-order valence-electron chi connectivity index (χ0n) is 16.2. The van der Waals surface area contributed by atoms with E-state index in [1.165, 1.54) is 0 Å². The molecule has 4 aromatic heterocycles. The van der Waals surface area contributed by atoms with Crippen molar-refractivity contribution in [3.8, 4) is 11.1 Å². The number of pyridine rings is 1. The van der Waals surface area contributed by atoms with Gasteiger partial charge in [-0.3, -0.25) is 4.40 Å². The third kappa shape index (κ3) is 1.96. The van der Waals surface area contributed by atoms with E-state index < -0.39 is 0 Å². The van der Waals surface area contributed by atoms with Crippen molar-refractivity contribution in [1.29, 1.82) is 0 Å². The lowest BCUT2D eigenvalue weighted by Gasteiger charge is -2.04. The van der Waals surface area contributed by atoms with E-state index >= 15 is 0 Å². The monoisotopic (exact) mass is 388 g/mol. The first-order valence-electron chi connectivity index (χ1n) is 9.91. The average molecular weight is 388 g/mol. The van der Waals surface area contributed by atoms with Crippen LogP contribution in [0.25, 0.3) is 61.0 Å². The lowest BCUT2D eigenvalue weighted by molar-refractivity contribution is 0.654. The molecule has 0 spiro atoms. The van der Waals surface area contributed by atoms with Crippen LogP contribution in [0.5, 0.6) is 0 Å². The van der Waals surface area contributed by atoms with Gasteiger partial charge in [0.25, 0.3) is 0 Å². The Morgan fingerprint density at radius 3 is 2.60 bits per heavy atom. The molecular weight excluding hydrogens is 372 g/mol. The van der Waals surface area contributed by atoms with Gasteiger partial charge >= 0.3 is 0 Å². The number of hydrogen-bond acceptors (Lipinski definition) is 3. The van der Waals surface area contributed by atoms with E-state index in [0.717, 1.165) is 55.3 Å². The predicted molar refractivity (Wildman–Crippen MR) is 120 cm³/mol. The Morgan fingerprint density at radius 1 is 0.767 bits per heavy atom. The summed E-state index contributed by atoms with van der Waals surface area (Å²) in [6.07, 6.45) is 1.76. The average Bonchev–Trinajstić information content (AvgIpc) is 3.43. The van der Waals surface area contributed by atoms with Crippen molar-refractivity contribution in [2.24, 2.45) is 7.05 Å². The molecular formula is C25H16N4O. The van der Waals surface area contributed by atoms with Crippen molar-refractivity contribution in [1.82, 2.24) is 18.9 Å². The Hall–Kier alpha value is -4.12. The van der Waals surface area contributed by atoms with Gasteiger partial charge in [-0.2, -0.15) is 0 Å². The number of aryl methyl sites for hydroxylation is 1. The maximum Gasteiger partial charge on any atom is 0.227 e. The second-order valence-electron chi connectivity index (χ2n) is 7.67. The fourth-order valence-corrected chi connectivity index (χ4v) is 4.54. The molecule has 0 aliphatic heterocycles. The van der Waals surface area contributed by atoms with Crippen molar-refractivity contribution in [2.45, 2.75) is 0 Å². The first kappa shape index (κ1) is 15.8. The molecule has 7 aromatic rings. The van der Waals surface area contributed by atoms with Crippen LogP contribution >= 0.6 is 0 Å². The lowest BCUT2D eigenvalue weighted by Crippen LogP contribution is -1.88. The van der Waals surface area contributed by atoms with Gasteiger partial charge in [-0.25, -0.2) is 9.97 Å². The first-order chi connectivity index (χ1) is 14.8. The molecule has 0 fully saturated rings. The smallest absolute Gasteiger partial charge is 0.227 e. The molecule has 0 atom stereocenters. The molecule has 0 saturated carbocycles. The van der Waals surface area contributed by atoms with Gasteiger partial charge in [0.15, 0.2) is 0 Å². The number of hydrogen-bond donors (Lipinski definition) is 0. The third-order valence-corrected chi connectivity index (χ3v) is 6.00. The van der Waals surface area contributed by atoms with E-state index in [2.05, 4.69) is 75.6 Å². The highest BCUT2D eigenvalue weighted by atomic mass is 16.3. The molecule has 30 heavy (non-hydrogen) atoms. The quantitative estimate of drug-likeness (QED) is 0.350. The van der Waals surface area contributed by atoms with Crippen LogP contribution in [-0.4, -0.2) is 18.9 Å². The number of benzene rings is 3. The summed E-state index contributed by atoms with van der Waals surface area (Å²) in [5.41, 5.74) is 8.28. The standard InChI is InChI=1S/C25H16N4O/c1-28-21-10-8-16(14-22(21)29-20-7-3-2-6-19(20)27-25(28)29)15-9-11-23-18(13-15)17-5-4-12-26-24(17)30-23/h2-14H,1H3. The summed E-state index contributed by atoms with van der Waals surface area (Å²) in [4.78, 5) is 9.17. The third-order valence-electron chi connectivity index (χ3n) is 6.00. The van der Waals surface area contributed by atoms with Crippen LogP contribution < -0.4 is 0 Å². The minimum atomic E-state index is 0.676. The molecule has 142 valence electrons. The summed E-state index contributed by atoms with van der Waals surface area (Å²) < 4.78 is 10.3. The zero-order chi connectivity index (χ0) is 19.8. The number of aromatic nitrogens is 4. The SMILES string of the molecule is Cn1c2ccc(-c3ccc4oc5ncccc5c4c3)cc2n2c3ccccc3nc12.